The summed E-state index contributed by atoms with van der Waals surface area (Å²) in [6.07, 6.45) is 4.20. The van der Waals surface area contributed by atoms with Crippen molar-refractivity contribution in [2.45, 2.75) is 75.2 Å². The number of guanidine groups is 2. The number of carbonyl (C=O) groups excluding carboxylic acids is 5. The molecule has 3 aromatic carbocycles. The molecule has 0 aliphatic heterocycles. The zero-order valence-electron chi connectivity index (χ0n) is 34.7. The van der Waals surface area contributed by atoms with Gasteiger partial charge in [0.25, 0.3) is 0 Å². The third-order valence-corrected chi connectivity index (χ3v) is 10.4. The van der Waals surface area contributed by atoms with Crippen LogP contribution in [0.4, 0.5) is 0 Å². The van der Waals surface area contributed by atoms with Crippen molar-refractivity contribution in [2.75, 3.05) is 13.1 Å². The lowest BCUT2D eigenvalue weighted by Gasteiger charge is -2.27. The molecule has 2 heterocycles. The maximum absolute atomic E-state index is 14.3. The van der Waals surface area contributed by atoms with Gasteiger partial charge in [0.05, 0.1) is 6.04 Å². The van der Waals surface area contributed by atoms with Crippen LogP contribution in [-0.2, 0) is 43.2 Å². The molecule has 2 aromatic heterocycles. The lowest BCUT2D eigenvalue weighted by atomic mass is 10.0. The average molecular weight is 865 g/mol. The second kappa shape index (κ2) is 22.3. The number of aliphatic imine (C=N–C) groups is 2. The molecule has 0 saturated carbocycles. The molecule has 0 unspecified atom stereocenters. The zero-order valence-corrected chi connectivity index (χ0v) is 34.7. The molecule has 5 aromatic rings. The van der Waals surface area contributed by atoms with Crippen LogP contribution in [0.3, 0.4) is 0 Å². The molecule has 5 amide bonds. The second-order valence-corrected chi connectivity index (χ2v) is 15.1. The van der Waals surface area contributed by atoms with Crippen molar-refractivity contribution in [3.05, 3.63) is 102 Å². The Labute approximate surface area is 363 Å². The second-order valence-electron chi connectivity index (χ2n) is 15.1. The first-order valence-electron chi connectivity index (χ1n) is 20.4. The molecular weight excluding hydrogens is 809 g/mol. The number of amides is 5. The number of aromatic nitrogens is 2. The number of nitrogens with two attached hydrogens (primary N) is 6. The first-order valence-corrected chi connectivity index (χ1v) is 20.4. The number of H-pyrrole nitrogens is 2. The molecule has 5 atom stereocenters. The van der Waals surface area contributed by atoms with Gasteiger partial charge < -0.3 is 70.7 Å². The predicted molar refractivity (Wildman–Crippen MR) is 241 cm³/mol. The summed E-state index contributed by atoms with van der Waals surface area (Å²) in [6, 6.07) is 15.0. The summed E-state index contributed by atoms with van der Waals surface area (Å²) in [4.78, 5) is 83.1. The summed E-state index contributed by atoms with van der Waals surface area (Å²) < 4.78 is 0. The number of rotatable bonds is 23. The van der Waals surface area contributed by atoms with Crippen molar-refractivity contribution in [1.29, 1.82) is 0 Å². The molecule has 5 rings (SSSR count). The molecule has 0 spiro atoms. The van der Waals surface area contributed by atoms with E-state index in [1.807, 2.05) is 48.5 Å². The van der Waals surface area contributed by atoms with E-state index < -0.39 is 59.7 Å². The van der Waals surface area contributed by atoms with Crippen LogP contribution in [0, 0.1) is 0 Å². The number of aromatic amines is 2. The molecule has 0 fully saturated rings. The molecule has 0 radical (unpaired) electrons. The third kappa shape index (κ3) is 13.7. The zero-order chi connectivity index (χ0) is 45.5. The van der Waals surface area contributed by atoms with E-state index in [-0.39, 0.29) is 75.7 Å². The molecule has 0 aliphatic carbocycles. The number of para-hydroxylation sites is 2. The molecule has 20 nitrogen and oxygen atoms in total. The normalized spacial score (nSPS) is 13.5. The molecule has 20 heteroatoms. The standard InChI is InChI=1S/C43H56N14O6/c44-30(20-25-22-52-31-9-3-1-7-28(25)31)38(60)54-33(11-5-17-50-42(46)47)40(62)57-36(19-24-13-15-27(58)16-14-24)41(63)55-34(12-6-18-51-43(48)49)39(61)56-35(37(45)59)21-26-23-53-32-10-4-2-8-29(26)32/h1-4,7-10,13-16,22-23,30,33-36,52-53,58H,5-6,11-12,17-21,44H2,(H2,45,59)(H,54,60)(H,55,63)(H,56,61)(H,57,62)(H4,46,47,50)(H4,48,49,51)/t30-,33-,34-,35-,36-/m0/s1. The molecule has 0 saturated heterocycles. The highest BCUT2D eigenvalue weighted by molar-refractivity contribution is 5.96. The Balaban J connectivity index is 1.37. The minimum absolute atomic E-state index is 0.0184. The number of hydrogen-bond donors (Lipinski definition) is 13. The fourth-order valence-electron chi connectivity index (χ4n) is 7.09. The van der Waals surface area contributed by atoms with Crippen molar-refractivity contribution >= 4 is 63.3 Å². The van der Waals surface area contributed by atoms with Crippen molar-refractivity contribution in [1.82, 2.24) is 31.2 Å². The minimum atomic E-state index is -1.33. The summed E-state index contributed by atoms with van der Waals surface area (Å²) in [6.45, 7) is 0.262. The summed E-state index contributed by atoms with van der Waals surface area (Å²) in [5.74, 6) is -3.97. The van der Waals surface area contributed by atoms with Crippen molar-refractivity contribution in [3.8, 4) is 5.75 Å². The van der Waals surface area contributed by atoms with Gasteiger partial charge in [-0.1, -0.05) is 48.5 Å². The highest BCUT2D eigenvalue weighted by atomic mass is 16.3. The quantitative estimate of drug-likeness (QED) is 0.0220. The van der Waals surface area contributed by atoms with Gasteiger partial charge in [0.2, 0.25) is 29.5 Å². The fourth-order valence-corrected chi connectivity index (χ4v) is 7.09. The Kier molecular flexibility index (Phi) is 16.4. The SMILES string of the molecule is NC(=O)[C@H](Cc1c[nH]c2ccccc12)NC(=O)[C@H](CCCN=C(N)N)NC(=O)[C@H](Cc1ccc(O)cc1)NC(=O)[C@H](CCCN=C(N)N)NC(=O)[C@@H](N)Cc1c[nH]c2ccccc12. The van der Waals surface area contributed by atoms with Crippen LogP contribution in [0.2, 0.25) is 0 Å². The monoisotopic (exact) mass is 864 g/mol. The molecular formula is C43H56N14O6. The van der Waals surface area contributed by atoms with Gasteiger partial charge in [-0.3, -0.25) is 34.0 Å². The van der Waals surface area contributed by atoms with Gasteiger partial charge >= 0.3 is 0 Å². The first-order chi connectivity index (χ1) is 30.2. The van der Waals surface area contributed by atoms with Gasteiger partial charge in [0.1, 0.15) is 29.9 Å². The van der Waals surface area contributed by atoms with Crippen LogP contribution in [0.5, 0.6) is 5.75 Å². The van der Waals surface area contributed by atoms with E-state index in [1.165, 1.54) is 12.1 Å². The summed E-state index contributed by atoms with van der Waals surface area (Å²) in [7, 11) is 0. The molecule has 0 bridgehead atoms. The highest BCUT2D eigenvalue weighted by Gasteiger charge is 2.32. The number of fused-ring (bicyclic) bond motifs is 2. The van der Waals surface area contributed by atoms with Gasteiger partial charge in [0, 0.05) is 60.1 Å². The maximum Gasteiger partial charge on any atom is 0.243 e. The Bertz CT molecular complexity index is 2420. The van der Waals surface area contributed by atoms with Crippen LogP contribution in [0.1, 0.15) is 42.4 Å². The van der Waals surface area contributed by atoms with Crippen LogP contribution in [0.15, 0.2) is 95.2 Å². The Hall–Kier alpha value is -7.61. The summed E-state index contributed by atoms with van der Waals surface area (Å²) in [5.41, 5.74) is 38.0. The number of nitrogens with zero attached hydrogens (tertiary/aromatic N) is 2. The van der Waals surface area contributed by atoms with E-state index in [0.717, 1.165) is 32.9 Å². The van der Waals surface area contributed by atoms with E-state index in [2.05, 4.69) is 41.2 Å². The van der Waals surface area contributed by atoms with E-state index in [1.54, 1.807) is 24.5 Å². The number of phenols is 1. The Morgan fingerprint density at radius 2 is 1.00 bits per heavy atom. The number of nitrogens with one attached hydrogen (secondary N) is 6. The van der Waals surface area contributed by atoms with Crippen LogP contribution < -0.4 is 55.7 Å². The van der Waals surface area contributed by atoms with E-state index in [4.69, 9.17) is 34.4 Å². The van der Waals surface area contributed by atoms with Crippen molar-refractivity contribution in [3.63, 3.8) is 0 Å². The van der Waals surface area contributed by atoms with Crippen molar-refractivity contribution in [2.24, 2.45) is 44.4 Å². The third-order valence-electron chi connectivity index (χ3n) is 10.4. The van der Waals surface area contributed by atoms with Gasteiger partial charge in [-0.05, 0) is 73.1 Å². The molecule has 334 valence electrons. The Morgan fingerprint density at radius 3 is 1.51 bits per heavy atom. The van der Waals surface area contributed by atoms with Crippen LogP contribution in [-0.4, -0.2) is 99.8 Å². The van der Waals surface area contributed by atoms with E-state index in [0.29, 0.717) is 5.56 Å². The lowest BCUT2D eigenvalue weighted by Crippen LogP contribution is -2.59. The first kappa shape index (κ1) is 46.5. The van der Waals surface area contributed by atoms with Gasteiger partial charge in [0.15, 0.2) is 11.9 Å². The lowest BCUT2D eigenvalue weighted by molar-refractivity contribution is -0.134. The number of hydrogen-bond acceptors (Lipinski definition) is 9. The molecule has 19 N–H and O–H groups in total. The molecule has 63 heavy (non-hydrogen) atoms. The number of primary amides is 1. The van der Waals surface area contributed by atoms with E-state index in [9.17, 15) is 29.1 Å². The number of phenolic OH excluding ortho intramolecular Hbond substituents is 1. The minimum Gasteiger partial charge on any atom is -0.508 e. The van der Waals surface area contributed by atoms with Gasteiger partial charge in [-0.2, -0.15) is 0 Å². The number of aromatic hydroxyl groups is 1. The van der Waals surface area contributed by atoms with Gasteiger partial charge in [-0.25, -0.2) is 0 Å². The van der Waals surface area contributed by atoms with E-state index >= 15 is 0 Å². The topological polar surface area (TPSA) is 366 Å². The van der Waals surface area contributed by atoms with Crippen LogP contribution >= 0.6 is 0 Å². The summed E-state index contributed by atoms with van der Waals surface area (Å²) >= 11 is 0. The predicted octanol–water partition coefficient (Wildman–Crippen LogP) is -0.758. The summed E-state index contributed by atoms with van der Waals surface area (Å²) in [5, 5.41) is 22.6. The number of benzene rings is 3. The number of carbonyl (C=O) groups is 5. The average Bonchev–Trinajstić information content (AvgIpc) is 3.86. The largest absolute Gasteiger partial charge is 0.508 e. The van der Waals surface area contributed by atoms with Gasteiger partial charge in [-0.15, -0.1) is 0 Å². The maximum atomic E-state index is 14.3. The molecule has 0 aliphatic rings. The smallest absolute Gasteiger partial charge is 0.243 e. The fraction of sp³-hybridized carbons (Fsp3) is 0.326. The van der Waals surface area contributed by atoms with Crippen molar-refractivity contribution < 1.29 is 29.1 Å². The highest BCUT2D eigenvalue weighted by Crippen LogP contribution is 2.21. The van der Waals surface area contributed by atoms with Crippen LogP contribution in [0.25, 0.3) is 21.8 Å². The Morgan fingerprint density at radius 1 is 0.556 bits per heavy atom.